The molecule has 112 valence electrons. The molecule has 1 aliphatic heterocycles. The van der Waals surface area contributed by atoms with Gasteiger partial charge >= 0.3 is 0 Å². The second kappa shape index (κ2) is 5.26. The minimum absolute atomic E-state index is 0.0359. The molecule has 1 saturated heterocycles. The van der Waals surface area contributed by atoms with Gasteiger partial charge in [-0.1, -0.05) is 13.8 Å². The third-order valence-corrected chi connectivity index (χ3v) is 6.10. The average molecular weight is 298 g/mol. The summed E-state index contributed by atoms with van der Waals surface area (Å²) in [7, 11) is -3.57. The Hall–Kier alpha value is -1.27. The molecule has 0 radical (unpaired) electrons. The smallest absolute Gasteiger partial charge is 0.243 e. The second-order valence-electron chi connectivity index (χ2n) is 5.85. The Labute approximate surface area is 120 Å². The average Bonchev–Trinajstić information content (AvgIpc) is 2.36. The number of phenolic OH excluding ortho intramolecular Hbond substituents is 1. The zero-order valence-electron chi connectivity index (χ0n) is 12.1. The summed E-state index contributed by atoms with van der Waals surface area (Å²) in [5.74, 6) is 0.561. The number of aromatic hydroxyl groups is 1. The van der Waals surface area contributed by atoms with Gasteiger partial charge in [-0.15, -0.1) is 0 Å². The van der Waals surface area contributed by atoms with Gasteiger partial charge in [-0.25, -0.2) is 8.42 Å². The molecular formula is C14H22N2O3S. The number of nitrogens with zero attached hydrogens (tertiary/aromatic N) is 1. The lowest BCUT2D eigenvalue weighted by Gasteiger charge is -2.40. The number of piperidine rings is 1. The predicted octanol–water partition coefficient (Wildman–Crippen LogP) is 2.03. The molecule has 20 heavy (non-hydrogen) atoms. The Kier molecular flexibility index (Phi) is 3.97. The molecule has 0 saturated carbocycles. The summed E-state index contributed by atoms with van der Waals surface area (Å²) >= 11 is 0. The molecule has 3 unspecified atom stereocenters. The molecular weight excluding hydrogens is 276 g/mol. The molecule has 5 nitrogen and oxygen atoms in total. The van der Waals surface area contributed by atoms with Gasteiger partial charge in [0.1, 0.15) is 5.75 Å². The van der Waals surface area contributed by atoms with Gasteiger partial charge in [-0.3, -0.25) is 0 Å². The maximum Gasteiger partial charge on any atom is 0.243 e. The largest absolute Gasteiger partial charge is 0.506 e. The van der Waals surface area contributed by atoms with Crippen molar-refractivity contribution in [3.63, 3.8) is 0 Å². The molecule has 2 rings (SSSR count). The number of benzene rings is 1. The van der Waals surface area contributed by atoms with Gasteiger partial charge in [-0.2, -0.15) is 4.31 Å². The normalized spacial score (nSPS) is 28.4. The van der Waals surface area contributed by atoms with Crippen molar-refractivity contribution in [1.82, 2.24) is 4.31 Å². The highest BCUT2D eigenvalue weighted by Crippen LogP contribution is 2.33. The lowest BCUT2D eigenvalue weighted by molar-refractivity contribution is 0.157. The van der Waals surface area contributed by atoms with Crippen LogP contribution in [-0.4, -0.2) is 30.4 Å². The van der Waals surface area contributed by atoms with Crippen molar-refractivity contribution in [2.75, 3.05) is 12.3 Å². The summed E-state index contributed by atoms with van der Waals surface area (Å²) in [6, 6.07) is 4.01. The molecule has 1 fully saturated rings. The van der Waals surface area contributed by atoms with Crippen molar-refractivity contribution in [1.29, 1.82) is 0 Å². The summed E-state index contributed by atoms with van der Waals surface area (Å²) in [6.07, 6.45) is 1.03. The summed E-state index contributed by atoms with van der Waals surface area (Å²) in [6.45, 7) is 6.61. The second-order valence-corrected chi connectivity index (χ2v) is 7.74. The fourth-order valence-electron chi connectivity index (χ4n) is 2.81. The highest BCUT2D eigenvalue weighted by molar-refractivity contribution is 7.89. The van der Waals surface area contributed by atoms with Crippen LogP contribution in [-0.2, 0) is 10.0 Å². The van der Waals surface area contributed by atoms with Gasteiger partial charge in [0.05, 0.1) is 10.6 Å². The molecule has 0 bridgehead atoms. The standard InChI is InChI=1S/C14H22N2O3S/c1-9-6-10(2)11(3)16(8-9)20(18,19)12-4-5-14(17)13(15)7-12/h4-5,7,9-11,17H,6,8,15H2,1-3H3. The third-order valence-electron chi connectivity index (χ3n) is 4.15. The van der Waals surface area contributed by atoms with Crippen LogP contribution in [0.3, 0.4) is 0 Å². The Balaban J connectivity index is 2.40. The fourth-order valence-corrected chi connectivity index (χ4v) is 4.69. The van der Waals surface area contributed by atoms with Crippen molar-refractivity contribution >= 4 is 15.7 Å². The number of hydrogen-bond acceptors (Lipinski definition) is 4. The van der Waals surface area contributed by atoms with E-state index in [9.17, 15) is 13.5 Å². The number of nitrogens with two attached hydrogens (primary N) is 1. The maximum atomic E-state index is 12.7. The van der Waals surface area contributed by atoms with E-state index in [1.807, 2.05) is 6.92 Å². The monoisotopic (exact) mass is 298 g/mol. The molecule has 0 aromatic heterocycles. The highest BCUT2D eigenvalue weighted by atomic mass is 32.2. The van der Waals surface area contributed by atoms with Crippen molar-refractivity contribution in [2.45, 2.75) is 38.1 Å². The van der Waals surface area contributed by atoms with E-state index in [0.717, 1.165) is 6.42 Å². The van der Waals surface area contributed by atoms with Crippen molar-refractivity contribution in [3.8, 4) is 5.75 Å². The summed E-state index contributed by atoms with van der Waals surface area (Å²) in [4.78, 5) is 0.140. The van der Waals surface area contributed by atoms with Crippen LogP contribution in [0.25, 0.3) is 0 Å². The minimum atomic E-state index is -3.57. The van der Waals surface area contributed by atoms with Crippen LogP contribution in [0.1, 0.15) is 27.2 Å². The number of phenols is 1. The van der Waals surface area contributed by atoms with Crippen LogP contribution >= 0.6 is 0 Å². The van der Waals surface area contributed by atoms with Crippen molar-refractivity contribution in [2.24, 2.45) is 11.8 Å². The van der Waals surface area contributed by atoms with E-state index >= 15 is 0 Å². The highest BCUT2D eigenvalue weighted by Gasteiger charge is 2.37. The van der Waals surface area contributed by atoms with E-state index < -0.39 is 10.0 Å². The van der Waals surface area contributed by atoms with Gasteiger partial charge in [0, 0.05) is 12.6 Å². The van der Waals surface area contributed by atoms with Crippen LogP contribution in [0.2, 0.25) is 0 Å². The maximum absolute atomic E-state index is 12.7. The van der Waals surface area contributed by atoms with Crippen LogP contribution in [0, 0.1) is 11.8 Å². The van der Waals surface area contributed by atoms with Crippen LogP contribution in [0.4, 0.5) is 5.69 Å². The van der Waals surface area contributed by atoms with E-state index in [2.05, 4.69) is 13.8 Å². The molecule has 0 spiro atoms. The molecule has 6 heteroatoms. The Bertz CT molecular complexity index is 600. The van der Waals surface area contributed by atoms with E-state index in [1.165, 1.54) is 18.2 Å². The third kappa shape index (κ3) is 2.62. The predicted molar refractivity (Wildman–Crippen MR) is 78.8 cm³/mol. The molecule has 1 aliphatic rings. The number of sulfonamides is 1. The van der Waals surface area contributed by atoms with Gasteiger partial charge in [0.25, 0.3) is 0 Å². The summed E-state index contributed by atoms with van der Waals surface area (Å²) in [5.41, 5.74) is 5.68. The van der Waals surface area contributed by atoms with Gasteiger partial charge in [0.15, 0.2) is 0 Å². The Morgan fingerprint density at radius 1 is 1.30 bits per heavy atom. The molecule has 1 aromatic rings. The zero-order valence-corrected chi connectivity index (χ0v) is 12.9. The zero-order chi connectivity index (χ0) is 15.1. The van der Waals surface area contributed by atoms with E-state index in [4.69, 9.17) is 5.73 Å². The first-order valence-corrected chi connectivity index (χ1v) is 8.27. The van der Waals surface area contributed by atoms with Crippen molar-refractivity contribution < 1.29 is 13.5 Å². The first kappa shape index (κ1) is 15.1. The Morgan fingerprint density at radius 3 is 2.55 bits per heavy atom. The van der Waals surface area contributed by atoms with E-state index in [1.54, 1.807) is 4.31 Å². The lowest BCUT2D eigenvalue weighted by atomic mass is 9.88. The van der Waals surface area contributed by atoms with Gasteiger partial charge in [0.2, 0.25) is 10.0 Å². The first-order chi connectivity index (χ1) is 9.23. The van der Waals surface area contributed by atoms with Crippen molar-refractivity contribution in [3.05, 3.63) is 18.2 Å². The van der Waals surface area contributed by atoms with Crippen LogP contribution in [0.5, 0.6) is 5.75 Å². The molecule has 3 atom stereocenters. The fraction of sp³-hybridized carbons (Fsp3) is 0.571. The minimum Gasteiger partial charge on any atom is -0.506 e. The van der Waals surface area contributed by atoms with Gasteiger partial charge in [-0.05, 0) is 43.4 Å². The SMILES string of the molecule is CC1CC(C)C(C)N(S(=O)(=O)c2ccc(O)c(N)c2)C1. The topological polar surface area (TPSA) is 83.6 Å². The number of nitrogen functional groups attached to an aromatic ring is 1. The van der Waals surface area contributed by atoms with Crippen LogP contribution in [0.15, 0.2) is 23.1 Å². The molecule has 0 aliphatic carbocycles. The molecule has 1 heterocycles. The van der Waals surface area contributed by atoms with Gasteiger partial charge < -0.3 is 10.8 Å². The number of hydrogen-bond donors (Lipinski definition) is 2. The summed E-state index contributed by atoms with van der Waals surface area (Å²) in [5, 5.41) is 9.42. The molecule has 1 aromatic carbocycles. The Morgan fingerprint density at radius 2 is 1.95 bits per heavy atom. The van der Waals surface area contributed by atoms with E-state index in [0.29, 0.717) is 18.4 Å². The number of rotatable bonds is 2. The summed E-state index contributed by atoms with van der Waals surface area (Å²) < 4.78 is 27.0. The first-order valence-electron chi connectivity index (χ1n) is 6.83. The van der Waals surface area contributed by atoms with E-state index in [-0.39, 0.29) is 22.4 Å². The quantitative estimate of drug-likeness (QED) is 0.646. The lowest BCUT2D eigenvalue weighted by Crippen LogP contribution is -2.48. The van der Waals surface area contributed by atoms with Crippen LogP contribution < -0.4 is 5.73 Å². The molecule has 0 amide bonds. The number of anilines is 1. The molecule has 3 N–H and O–H groups in total.